The number of fused-ring (bicyclic) bond motifs is 1. The number of carbonyl (C=O) groups excluding carboxylic acids is 1. The van der Waals surface area contributed by atoms with Gasteiger partial charge in [-0.15, -0.1) is 0 Å². The number of hydrogen-bond acceptors (Lipinski definition) is 6. The summed E-state index contributed by atoms with van der Waals surface area (Å²) >= 11 is 5.85. The molecule has 2 aromatic heterocycles. The first-order valence-electron chi connectivity index (χ1n) is 10.9. The SMILES string of the molecule is COc1cc(NC(=O)c2cc3nc(C4CC4)cc(C(F)(F)F)n3n2)cc(S(=O)(=O)c2ccc(Cl)cc2)c1. The monoisotopic (exact) mass is 550 g/mol. The number of ether oxygens (including phenoxy) is 1. The second kappa shape index (κ2) is 9.03. The number of aromatic nitrogens is 3. The number of alkyl halides is 3. The lowest BCUT2D eigenvalue weighted by atomic mass is 10.2. The van der Waals surface area contributed by atoms with E-state index in [4.69, 9.17) is 16.3 Å². The largest absolute Gasteiger partial charge is 0.497 e. The molecule has 0 saturated heterocycles. The average Bonchev–Trinajstić information content (AvgIpc) is 3.61. The number of benzene rings is 2. The molecule has 4 aromatic rings. The van der Waals surface area contributed by atoms with Crippen LogP contribution in [-0.2, 0) is 16.0 Å². The lowest BCUT2D eigenvalue weighted by molar-refractivity contribution is -0.142. The Kier molecular flexibility index (Phi) is 6.11. The van der Waals surface area contributed by atoms with Crippen LogP contribution in [0.3, 0.4) is 0 Å². The number of anilines is 1. The number of carbonyl (C=O) groups is 1. The van der Waals surface area contributed by atoms with Gasteiger partial charge in [0.25, 0.3) is 5.91 Å². The smallest absolute Gasteiger partial charge is 0.433 e. The Morgan fingerprint density at radius 2 is 1.78 bits per heavy atom. The summed E-state index contributed by atoms with van der Waals surface area (Å²) in [6.45, 7) is 0. The zero-order chi connectivity index (χ0) is 26.5. The number of sulfone groups is 1. The molecule has 192 valence electrons. The highest BCUT2D eigenvalue weighted by molar-refractivity contribution is 7.91. The van der Waals surface area contributed by atoms with Gasteiger partial charge in [0.2, 0.25) is 9.84 Å². The molecule has 1 N–H and O–H groups in total. The van der Waals surface area contributed by atoms with Crippen LogP contribution in [-0.4, -0.2) is 36.0 Å². The van der Waals surface area contributed by atoms with Crippen LogP contribution in [0, 0.1) is 0 Å². The van der Waals surface area contributed by atoms with Crippen molar-refractivity contribution in [3.8, 4) is 5.75 Å². The van der Waals surface area contributed by atoms with Crippen LogP contribution in [0.4, 0.5) is 18.9 Å². The first-order chi connectivity index (χ1) is 17.5. The molecular formula is C24H18ClF3N4O4S. The molecule has 0 spiro atoms. The maximum atomic E-state index is 13.7. The van der Waals surface area contributed by atoms with E-state index in [0.29, 0.717) is 15.2 Å². The maximum absolute atomic E-state index is 13.7. The molecule has 0 bridgehead atoms. The highest BCUT2D eigenvalue weighted by atomic mass is 35.5. The van der Waals surface area contributed by atoms with Crippen LogP contribution in [0.15, 0.2) is 64.4 Å². The van der Waals surface area contributed by atoms with Crippen LogP contribution in [0.5, 0.6) is 5.75 Å². The molecule has 1 aliphatic carbocycles. The van der Waals surface area contributed by atoms with Crippen molar-refractivity contribution in [1.82, 2.24) is 14.6 Å². The molecule has 0 radical (unpaired) electrons. The van der Waals surface area contributed by atoms with Crippen LogP contribution in [0.25, 0.3) is 5.65 Å². The van der Waals surface area contributed by atoms with Crippen molar-refractivity contribution >= 4 is 38.7 Å². The summed E-state index contributed by atoms with van der Waals surface area (Å²) in [7, 11) is -2.68. The Hall–Kier alpha value is -3.64. The van der Waals surface area contributed by atoms with Crippen molar-refractivity contribution in [1.29, 1.82) is 0 Å². The van der Waals surface area contributed by atoms with Gasteiger partial charge in [0.05, 0.1) is 16.9 Å². The summed E-state index contributed by atoms with van der Waals surface area (Å²) < 4.78 is 73.0. The lowest BCUT2D eigenvalue weighted by Crippen LogP contribution is -2.16. The van der Waals surface area contributed by atoms with Crippen LogP contribution < -0.4 is 10.1 Å². The summed E-state index contributed by atoms with van der Waals surface area (Å²) in [5.74, 6) is -0.763. The minimum Gasteiger partial charge on any atom is -0.497 e. The normalized spacial score (nSPS) is 14.1. The van der Waals surface area contributed by atoms with E-state index in [1.54, 1.807) is 0 Å². The highest BCUT2D eigenvalue weighted by Crippen LogP contribution is 2.41. The number of amides is 1. The lowest BCUT2D eigenvalue weighted by Gasteiger charge is -2.11. The van der Waals surface area contributed by atoms with Crippen molar-refractivity contribution in [2.75, 3.05) is 12.4 Å². The fraction of sp³-hybridized carbons (Fsp3) is 0.208. The molecule has 5 rings (SSSR count). The van der Waals surface area contributed by atoms with E-state index < -0.39 is 27.6 Å². The fourth-order valence-electron chi connectivity index (χ4n) is 3.76. The molecule has 0 aliphatic heterocycles. The predicted octanol–water partition coefficient (Wildman–Crippen LogP) is 5.37. The molecule has 37 heavy (non-hydrogen) atoms. The second-order valence-corrected chi connectivity index (χ2v) is 10.8. The van der Waals surface area contributed by atoms with Crippen LogP contribution >= 0.6 is 11.6 Å². The van der Waals surface area contributed by atoms with Crippen molar-refractivity contribution < 1.29 is 31.1 Å². The molecule has 13 heteroatoms. The van der Waals surface area contributed by atoms with Gasteiger partial charge in [0, 0.05) is 34.5 Å². The first-order valence-corrected chi connectivity index (χ1v) is 12.8. The molecule has 8 nitrogen and oxygen atoms in total. The quantitative estimate of drug-likeness (QED) is 0.346. The van der Waals surface area contributed by atoms with Gasteiger partial charge in [0.1, 0.15) is 11.4 Å². The molecule has 1 saturated carbocycles. The van der Waals surface area contributed by atoms with Gasteiger partial charge in [-0.3, -0.25) is 4.79 Å². The zero-order valence-corrected chi connectivity index (χ0v) is 20.7. The maximum Gasteiger partial charge on any atom is 0.433 e. The van der Waals surface area contributed by atoms with Gasteiger partial charge in [0.15, 0.2) is 11.3 Å². The van der Waals surface area contributed by atoms with E-state index in [1.807, 2.05) is 0 Å². The van der Waals surface area contributed by atoms with Gasteiger partial charge >= 0.3 is 6.18 Å². The molecular weight excluding hydrogens is 533 g/mol. The molecule has 1 amide bonds. The Morgan fingerprint density at radius 3 is 2.41 bits per heavy atom. The summed E-state index contributed by atoms with van der Waals surface area (Å²) in [4.78, 5) is 17.0. The third-order valence-corrected chi connectivity index (χ3v) is 7.77. The molecule has 2 aromatic carbocycles. The number of hydrogen-bond donors (Lipinski definition) is 1. The van der Waals surface area contributed by atoms with Gasteiger partial charge in [-0.25, -0.2) is 17.9 Å². The standard InChI is InChI=1S/C24H18ClF3N4O4S/c1-36-16-8-15(9-18(10-16)37(34,35)17-6-4-14(25)5-7-17)29-23(33)20-12-22-30-19(13-2-3-13)11-21(24(26,27)28)32(22)31-20/h4-13H,2-3H2,1H3,(H,29,33). The number of halogens is 4. The molecule has 1 fully saturated rings. The Bertz CT molecular complexity index is 1630. The summed E-state index contributed by atoms with van der Waals surface area (Å²) in [5, 5.41) is 6.67. The van der Waals surface area contributed by atoms with Gasteiger partial charge in [-0.05, 0) is 55.3 Å². The zero-order valence-electron chi connectivity index (χ0n) is 19.1. The van der Waals surface area contributed by atoms with E-state index in [2.05, 4.69) is 15.4 Å². The van der Waals surface area contributed by atoms with Crippen LogP contribution in [0.2, 0.25) is 5.02 Å². The number of nitrogens with zero attached hydrogens (tertiary/aromatic N) is 3. The van der Waals surface area contributed by atoms with E-state index in [9.17, 15) is 26.4 Å². The van der Waals surface area contributed by atoms with Gasteiger partial charge in [-0.2, -0.15) is 18.3 Å². The minimum absolute atomic E-state index is 0.0278. The van der Waals surface area contributed by atoms with Gasteiger partial charge in [-0.1, -0.05) is 11.6 Å². The molecule has 1 aliphatic rings. The third kappa shape index (κ3) is 4.98. The van der Waals surface area contributed by atoms with Crippen molar-refractivity contribution in [3.05, 3.63) is 76.7 Å². The third-order valence-electron chi connectivity index (χ3n) is 5.77. The van der Waals surface area contributed by atoms with Crippen molar-refractivity contribution in [2.24, 2.45) is 0 Å². The van der Waals surface area contributed by atoms with Crippen molar-refractivity contribution in [3.63, 3.8) is 0 Å². The summed E-state index contributed by atoms with van der Waals surface area (Å²) in [6, 6.07) is 11.5. The molecule has 0 unspecified atom stereocenters. The highest BCUT2D eigenvalue weighted by Gasteiger charge is 2.37. The van der Waals surface area contributed by atoms with E-state index in [1.165, 1.54) is 49.6 Å². The second-order valence-electron chi connectivity index (χ2n) is 8.45. The summed E-state index contributed by atoms with van der Waals surface area (Å²) in [5.41, 5.74) is -1.13. The van der Waals surface area contributed by atoms with Crippen LogP contribution in [0.1, 0.15) is 40.6 Å². The number of rotatable bonds is 6. The number of methoxy groups -OCH3 is 1. The topological polar surface area (TPSA) is 103 Å². The Labute approximate surface area is 214 Å². The summed E-state index contributed by atoms with van der Waals surface area (Å²) in [6.07, 6.45) is -3.21. The Morgan fingerprint density at radius 1 is 1.08 bits per heavy atom. The fourth-order valence-corrected chi connectivity index (χ4v) is 5.20. The number of nitrogens with one attached hydrogen (secondary N) is 1. The first kappa shape index (κ1) is 25.0. The minimum atomic E-state index is -4.71. The van der Waals surface area contributed by atoms with Gasteiger partial charge < -0.3 is 10.1 Å². The van der Waals surface area contributed by atoms with Crippen molar-refractivity contribution in [2.45, 2.75) is 34.7 Å². The van der Waals surface area contributed by atoms with E-state index >= 15 is 0 Å². The van der Waals surface area contributed by atoms with E-state index in [-0.39, 0.29) is 38.5 Å². The Balaban J connectivity index is 1.50. The van der Waals surface area contributed by atoms with E-state index in [0.717, 1.165) is 25.0 Å². The molecule has 0 atom stereocenters. The predicted molar refractivity (Wildman–Crippen MR) is 128 cm³/mol. The molecule has 2 heterocycles. The average molecular weight is 551 g/mol.